The van der Waals surface area contributed by atoms with E-state index in [4.69, 9.17) is 5.73 Å². The third kappa shape index (κ3) is 5.29. The normalized spacial score (nSPS) is 14.3. The fourth-order valence-corrected chi connectivity index (χ4v) is 5.00. The summed E-state index contributed by atoms with van der Waals surface area (Å²) in [6, 6.07) is 22.7. The van der Waals surface area contributed by atoms with Crippen LogP contribution in [0.5, 0.6) is 0 Å². The van der Waals surface area contributed by atoms with E-state index in [2.05, 4.69) is 37.8 Å². The van der Waals surface area contributed by atoms with Gasteiger partial charge in [0.2, 0.25) is 5.91 Å². The number of piperidine rings is 1. The van der Waals surface area contributed by atoms with Crippen molar-refractivity contribution in [3.05, 3.63) is 90.3 Å². The Bertz CT molecular complexity index is 1660. The van der Waals surface area contributed by atoms with Gasteiger partial charge >= 0.3 is 0 Å². The van der Waals surface area contributed by atoms with Gasteiger partial charge in [0.25, 0.3) is 5.91 Å². The van der Waals surface area contributed by atoms with Crippen molar-refractivity contribution in [3.63, 3.8) is 0 Å². The summed E-state index contributed by atoms with van der Waals surface area (Å²) in [6.45, 7) is 2.18. The lowest BCUT2D eigenvalue weighted by Gasteiger charge is -2.30. The highest BCUT2D eigenvalue weighted by Crippen LogP contribution is 2.26. The summed E-state index contributed by atoms with van der Waals surface area (Å²) in [5.74, 6) is -0.260. The number of benzene rings is 3. The van der Waals surface area contributed by atoms with E-state index in [1.807, 2.05) is 59.2 Å². The average molecular weight is 535 g/mol. The number of carbonyl (C=O) groups excluding carboxylic acids is 2. The van der Waals surface area contributed by atoms with Crippen molar-refractivity contribution in [2.24, 2.45) is 5.73 Å². The molecule has 0 unspecified atom stereocenters. The number of H-pyrrole nitrogens is 1. The van der Waals surface area contributed by atoms with Crippen molar-refractivity contribution in [1.29, 1.82) is 0 Å². The van der Waals surface area contributed by atoms with Gasteiger partial charge in [0, 0.05) is 40.2 Å². The molecule has 1 aliphatic rings. The highest BCUT2D eigenvalue weighted by molar-refractivity contribution is 6.04. The lowest BCUT2D eigenvalue weighted by molar-refractivity contribution is 0.0997. The molecule has 1 fully saturated rings. The first-order valence-corrected chi connectivity index (χ1v) is 13.2. The van der Waals surface area contributed by atoms with Gasteiger partial charge in [-0.25, -0.2) is 4.98 Å². The van der Waals surface area contributed by atoms with Crippen LogP contribution in [0.25, 0.3) is 28.0 Å². The quantitative estimate of drug-likeness (QED) is 0.246. The van der Waals surface area contributed by atoms with E-state index >= 15 is 0 Å². The van der Waals surface area contributed by atoms with E-state index in [1.165, 1.54) is 0 Å². The fourth-order valence-electron chi connectivity index (χ4n) is 5.00. The van der Waals surface area contributed by atoms with Crippen molar-refractivity contribution >= 4 is 34.4 Å². The number of nitrogens with two attached hydrogens (primary N) is 1. The molecular weight excluding hydrogens is 504 g/mol. The average Bonchev–Trinajstić information content (AvgIpc) is 3.61. The molecule has 0 radical (unpaired) electrons. The molecule has 5 N–H and O–H groups in total. The number of nitrogens with zero attached hydrogens (tertiary/aromatic N) is 4. The van der Waals surface area contributed by atoms with Gasteiger partial charge in [-0.05, 0) is 93.6 Å². The lowest BCUT2D eigenvalue weighted by Crippen LogP contribution is -2.36. The van der Waals surface area contributed by atoms with E-state index < -0.39 is 5.91 Å². The summed E-state index contributed by atoms with van der Waals surface area (Å²) in [5, 5.41) is 13.8. The molecule has 3 aromatic carbocycles. The van der Waals surface area contributed by atoms with Gasteiger partial charge in [0.1, 0.15) is 6.33 Å². The standard InChI is InChI=1S/C30H30N8O2/c1-37-14-12-23(13-15-37)33-22-7-2-20(3-8-22)30(40)34-28-17-26(35-36-28)21-6-11-25-27(16-21)38(18-32-25)24-9-4-19(5-10-24)29(31)39/h2-11,16-18,23,33H,12-15H2,1H3,(H2,31,39)(H2,34,35,36,40). The van der Waals surface area contributed by atoms with Crippen LogP contribution in [-0.2, 0) is 0 Å². The highest BCUT2D eigenvalue weighted by atomic mass is 16.2. The minimum absolute atomic E-state index is 0.225. The molecule has 40 heavy (non-hydrogen) atoms. The van der Waals surface area contributed by atoms with Gasteiger partial charge in [-0.2, -0.15) is 5.10 Å². The topological polar surface area (TPSA) is 134 Å². The predicted molar refractivity (Wildman–Crippen MR) is 156 cm³/mol. The van der Waals surface area contributed by atoms with Gasteiger partial charge < -0.3 is 21.3 Å². The molecule has 202 valence electrons. The number of aromatic nitrogens is 4. The maximum atomic E-state index is 12.9. The van der Waals surface area contributed by atoms with Crippen LogP contribution >= 0.6 is 0 Å². The van der Waals surface area contributed by atoms with Crippen molar-refractivity contribution in [3.8, 4) is 16.9 Å². The number of anilines is 2. The van der Waals surface area contributed by atoms with Crippen LogP contribution in [-0.4, -0.2) is 62.6 Å². The summed E-state index contributed by atoms with van der Waals surface area (Å²) < 4.78 is 1.94. The Morgan fingerprint density at radius 3 is 2.40 bits per heavy atom. The summed E-state index contributed by atoms with van der Waals surface area (Å²) in [5.41, 5.74) is 11.6. The maximum Gasteiger partial charge on any atom is 0.256 e. The first kappa shape index (κ1) is 25.3. The highest BCUT2D eigenvalue weighted by Gasteiger charge is 2.17. The first-order valence-electron chi connectivity index (χ1n) is 13.2. The van der Waals surface area contributed by atoms with E-state index in [1.54, 1.807) is 24.5 Å². The molecule has 3 heterocycles. The first-order chi connectivity index (χ1) is 19.4. The van der Waals surface area contributed by atoms with Crippen molar-refractivity contribution in [1.82, 2.24) is 24.6 Å². The minimum Gasteiger partial charge on any atom is -0.382 e. The molecule has 2 aromatic heterocycles. The number of fused-ring (bicyclic) bond motifs is 1. The SMILES string of the molecule is CN1CCC(Nc2ccc(C(=O)Nc3cc(-c4ccc5ncn(-c6ccc(C(N)=O)cc6)c5c4)[nH]n3)cc2)CC1. The number of hydrogen-bond donors (Lipinski definition) is 4. The van der Waals surface area contributed by atoms with Crippen LogP contribution in [0.1, 0.15) is 33.6 Å². The number of carbonyl (C=O) groups is 2. The molecule has 0 saturated carbocycles. The molecule has 0 aliphatic carbocycles. The van der Waals surface area contributed by atoms with Crippen LogP contribution in [0.2, 0.25) is 0 Å². The zero-order valence-electron chi connectivity index (χ0n) is 22.1. The van der Waals surface area contributed by atoms with E-state index in [0.29, 0.717) is 23.0 Å². The third-order valence-corrected chi connectivity index (χ3v) is 7.34. The second kappa shape index (κ2) is 10.7. The van der Waals surface area contributed by atoms with Gasteiger partial charge in [0.05, 0.1) is 16.7 Å². The molecule has 10 nitrogen and oxygen atoms in total. The largest absolute Gasteiger partial charge is 0.382 e. The van der Waals surface area contributed by atoms with Crippen molar-refractivity contribution < 1.29 is 9.59 Å². The third-order valence-electron chi connectivity index (χ3n) is 7.34. The van der Waals surface area contributed by atoms with Gasteiger partial charge in [-0.3, -0.25) is 19.3 Å². The number of aromatic amines is 1. The zero-order valence-corrected chi connectivity index (χ0v) is 22.1. The Labute approximate surface area is 231 Å². The summed E-state index contributed by atoms with van der Waals surface area (Å²) in [6.07, 6.45) is 3.96. The Hall–Kier alpha value is -4.96. The Balaban J connectivity index is 1.14. The summed E-state index contributed by atoms with van der Waals surface area (Å²) >= 11 is 0. The van der Waals surface area contributed by atoms with Crippen LogP contribution in [0.4, 0.5) is 11.5 Å². The lowest BCUT2D eigenvalue weighted by atomic mass is 10.0. The molecule has 0 atom stereocenters. The van der Waals surface area contributed by atoms with Gasteiger partial charge in [0.15, 0.2) is 5.82 Å². The van der Waals surface area contributed by atoms with E-state index in [9.17, 15) is 9.59 Å². The van der Waals surface area contributed by atoms with E-state index in [0.717, 1.165) is 59.6 Å². The summed E-state index contributed by atoms with van der Waals surface area (Å²) in [7, 11) is 2.15. The molecule has 0 spiro atoms. The van der Waals surface area contributed by atoms with Crippen molar-refractivity contribution in [2.45, 2.75) is 18.9 Å². The number of amides is 2. The second-order valence-corrected chi connectivity index (χ2v) is 10.1. The monoisotopic (exact) mass is 534 g/mol. The molecule has 10 heteroatoms. The Morgan fingerprint density at radius 2 is 1.68 bits per heavy atom. The van der Waals surface area contributed by atoms with Crippen LogP contribution < -0.4 is 16.4 Å². The van der Waals surface area contributed by atoms with Crippen LogP contribution in [0.15, 0.2) is 79.1 Å². The number of rotatable bonds is 7. The Morgan fingerprint density at radius 1 is 0.950 bits per heavy atom. The number of likely N-dealkylation sites (tertiary alicyclic amines) is 1. The number of hydrogen-bond acceptors (Lipinski definition) is 6. The second-order valence-electron chi connectivity index (χ2n) is 10.1. The molecule has 2 amide bonds. The van der Waals surface area contributed by atoms with Crippen LogP contribution in [0.3, 0.4) is 0 Å². The predicted octanol–water partition coefficient (Wildman–Crippen LogP) is 4.27. The van der Waals surface area contributed by atoms with Gasteiger partial charge in [-0.15, -0.1) is 0 Å². The van der Waals surface area contributed by atoms with Crippen LogP contribution in [0, 0.1) is 0 Å². The van der Waals surface area contributed by atoms with Crippen molar-refractivity contribution in [2.75, 3.05) is 30.8 Å². The minimum atomic E-state index is -0.469. The molecular formula is C30H30N8O2. The number of primary amides is 1. The zero-order chi connectivity index (χ0) is 27.6. The molecule has 6 rings (SSSR count). The molecule has 5 aromatic rings. The fraction of sp³-hybridized carbons (Fsp3) is 0.200. The Kier molecular flexibility index (Phi) is 6.75. The number of imidazole rings is 1. The smallest absolute Gasteiger partial charge is 0.256 e. The number of nitrogens with one attached hydrogen (secondary N) is 3. The molecule has 1 aliphatic heterocycles. The molecule has 0 bridgehead atoms. The van der Waals surface area contributed by atoms with E-state index in [-0.39, 0.29) is 5.91 Å². The van der Waals surface area contributed by atoms with Gasteiger partial charge in [-0.1, -0.05) is 6.07 Å². The maximum absolute atomic E-state index is 12.9. The summed E-state index contributed by atoms with van der Waals surface area (Å²) in [4.78, 5) is 31.1. The molecule has 1 saturated heterocycles.